The first-order valence-electron chi connectivity index (χ1n) is 6.95. The third-order valence-electron chi connectivity index (χ3n) is 4.29. The lowest BCUT2D eigenvalue weighted by Gasteiger charge is -2.41. The van der Waals surface area contributed by atoms with Gasteiger partial charge in [-0.2, -0.15) is 4.31 Å². The Morgan fingerprint density at radius 2 is 1.84 bits per heavy atom. The molecule has 0 radical (unpaired) electrons. The Labute approximate surface area is 121 Å². The first-order valence-corrected chi connectivity index (χ1v) is 8.56. The highest BCUT2D eigenvalue weighted by Gasteiger charge is 2.36. The van der Waals surface area contributed by atoms with E-state index in [-0.39, 0.29) is 24.1 Å². The predicted octanol–water partition coefficient (Wildman–Crippen LogP) is 0.601. The van der Waals surface area contributed by atoms with E-state index in [0.29, 0.717) is 38.4 Å². The lowest BCUT2D eigenvalue weighted by Crippen LogP contribution is -2.60. The monoisotopic (exact) mass is 310 g/mol. The highest BCUT2D eigenvalue weighted by Crippen LogP contribution is 2.24. The summed E-state index contributed by atoms with van der Waals surface area (Å²) < 4.78 is 31.8. The van der Waals surface area contributed by atoms with Crippen LogP contribution in [0.15, 0.2) is 0 Å². The Bertz CT molecular complexity index is 386. The fourth-order valence-electron chi connectivity index (χ4n) is 3.31. The summed E-state index contributed by atoms with van der Waals surface area (Å²) in [6.07, 6.45) is 4.33. The van der Waals surface area contributed by atoms with Crippen molar-refractivity contribution in [3.8, 4) is 0 Å². The molecule has 0 amide bonds. The zero-order chi connectivity index (χ0) is 12.6. The molecule has 0 aromatic heterocycles. The highest BCUT2D eigenvalue weighted by molar-refractivity contribution is 7.89. The molecule has 1 N–H and O–H groups in total. The molecule has 0 aromatic rings. The summed E-state index contributed by atoms with van der Waals surface area (Å²) in [6, 6.07) is 0.735. The van der Waals surface area contributed by atoms with Gasteiger partial charge >= 0.3 is 0 Å². The zero-order valence-corrected chi connectivity index (χ0v) is 12.7. The molecule has 0 aromatic carbocycles. The van der Waals surface area contributed by atoms with Gasteiger partial charge in [-0.1, -0.05) is 6.42 Å². The van der Waals surface area contributed by atoms with Crippen molar-refractivity contribution in [3.63, 3.8) is 0 Å². The Hall–Kier alpha value is 0.120. The van der Waals surface area contributed by atoms with Crippen molar-refractivity contribution in [1.82, 2.24) is 9.62 Å². The van der Waals surface area contributed by atoms with Crippen LogP contribution in [0.5, 0.6) is 0 Å². The van der Waals surface area contributed by atoms with Crippen LogP contribution in [0.3, 0.4) is 0 Å². The molecule has 3 rings (SSSR count). The molecule has 0 saturated carbocycles. The SMILES string of the molecule is Cl.O=S(=O)(CC1CCOC1)N1CC2CCCC(C1)N2. The highest BCUT2D eigenvalue weighted by atomic mass is 35.5. The van der Waals surface area contributed by atoms with Crippen molar-refractivity contribution < 1.29 is 13.2 Å². The smallest absolute Gasteiger partial charge is 0.214 e. The van der Waals surface area contributed by atoms with Gasteiger partial charge in [-0.3, -0.25) is 0 Å². The second-order valence-electron chi connectivity index (χ2n) is 5.82. The van der Waals surface area contributed by atoms with E-state index in [4.69, 9.17) is 4.74 Å². The second-order valence-corrected chi connectivity index (χ2v) is 7.83. The zero-order valence-electron chi connectivity index (χ0n) is 11.1. The molecule has 0 spiro atoms. The van der Waals surface area contributed by atoms with Crippen molar-refractivity contribution in [1.29, 1.82) is 0 Å². The average Bonchev–Trinajstić information content (AvgIpc) is 2.80. The Balaban J connectivity index is 0.00000133. The van der Waals surface area contributed by atoms with E-state index in [9.17, 15) is 8.42 Å². The molecule has 3 aliphatic heterocycles. The molecule has 3 fully saturated rings. The van der Waals surface area contributed by atoms with Crippen molar-refractivity contribution in [2.75, 3.05) is 32.1 Å². The molecule has 0 aliphatic carbocycles. The van der Waals surface area contributed by atoms with E-state index < -0.39 is 10.0 Å². The summed E-state index contributed by atoms with van der Waals surface area (Å²) in [5.41, 5.74) is 0. The van der Waals surface area contributed by atoms with E-state index in [0.717, 1.165) is 19.3 Å². The maximum absolute atomic E-state index is 12.4. The van der Waals surface area contributed by atoms with Gasteiger partial charge in [0.2, 0.25) is 10.0 Å². The largest absolute Gasteiger partial charge is 0.381 e. The molecule has 3 heterocycles. The number of ether oxygens (including phenoxy) is 1. The molecule has 7 heteroatoms. The number of sulfonamides is 1. The van der Waals surface area contributed by atoms with Crippen LogP contribution in [-0.2, 0) is 14.8 Å². The minimum Gasteiger partial charge on any atom is -0.381 e. The number of nitrogens with one attached hydrogen (secondary N) is 1. The van der Waals surface area contributed by atoms with Gasteiger partial charge in [-0.05, 0) is 25.2 Å². The summed E-state index contributed by atoms with van der Waals surface area (Å²) in [5.74, 6) is 0.469. The molecule has 3 unspecified atom stereocenters. The van der Waals surface area contributed by atoms with E-state index in [1.54, 1.807) is 4.31 Å². The van der Waals surface area contributed by atoms with Crippen LogP contribution in [0.4, 0.5) is 0 Å². The van der Waals surface area contributed by atoms with E-state index >= 15 is 0 Å². The number of rotatable bonds is 3. The Morgan fingerprint density at radius 1 is 1.16 bits per heavy atom. The second kappa shape index (κ2) is 6.26. The number of fused-ring (bicyclic) bond motifs is 2. The summed E-state index contributed by atoms with van der Waals surface area (Å²) in [5, 5.41) is 3.52. The van der Waals surface area contributed by atoms with Gasteiger partial charge < -0.3 is 10.1 Å². The lowest BCUT2D eigenvalue weighted by molar-refractivity contribution is 0.183. The normalized spacial score (nSPS) is 35.9. The summed E-state index contributed by atoms with van der Waals surface area (Å²) in [6.45, 7) is 2.64. The molecular weight excluding hydrogens is 288 g/mol. The molecule has 3 saturated heterocycles. The van der Waals surface area contributed by atoms with Gasteiger partial charge in [-0.25, -0.2) is 8.42 Å². The maximum Gasteiger partial charge on any atom is 0.214 e. The first kappa shape index (κ1) is 15.5. The summed E-state index contributed by atoms with van der Waals surface area (Å²) >= 11 is 0. The maximum atomic E-state index is 12.4. The van der Waals surface area contributed by atoms with Crippen LogP contribution >= 0.6 is 12.4 Å². The van der Waals surface area contributed by atoms with Gasteiger partial charge in [0, 0.05) is 31.8 Å². The van der Waals surface area contributed by atoms with Crippen LogP contribution in [0.1, 0.15) is 25.7 Å². The number of piperidine rings is 1. The lowest BCUT2D eigenvalue weighted by atomic mass is 9.96. The topological polar surface area (TPSA) is 58.6 Å². The number of nitrogens with zero attached hydrogens (tertiary/aromatic N) is 1. The van der Waals surface area contributed by atoms with Gasteiger partial charge in [-0.15, -0.1) is 12.4 Å². The number of hydrogen-bond acceptors (Lipinski definition) is 4. The van der Waals surface area contributed by atoms with E-state index in [1.165, 1.54) is 6.42 Å². The van der Waals surface area contributed by atoms with Crippen LogP contribution in [0.25, 0.3) is 0 Å². The number of piperazine rings is 1. The molecular formula is C12H23ClN2O3S. The summed E-state index contributed by atoms with van der Waals surface area (Å²) in [4.78, 5) is 0. The minimum absolute atomic E-state index is 0. The molecule has 5 nitrogen and oxygen atoms in total. The Kier molecular flexibility index (Phi) is 5.11. The van der Waals surface area contributed by atoms with Crippen molar-refractivity contribution in [2.24, 2.45) is 5.92 Å². The van der Waals surface area contributed by atoms with Gasteiger partial charge in [0.15, 0.2) is 0 Å². The van der Waals surface area contributed by atoms with Gasteiger partial charge in [0.05, 0.1) is 12.4 Å². The van der Waals surface area contributed by atoms with Gasteiger partial charge in [0.25, 0.3) is 0 Å². The quantitative estimate of drug-likeness (QED) is 0.829. The van der Waals surface area contributed by atoms with E-state index in [2.05, 4.69) is 5.32 Å². The van der Waals surface area contributed by atoms with Gasteiger partial charge in [0.1, 0.15) is 0 Å². The predicted molar refractivity (Wildman–Crippen MR) is 76.1 cm³/mol. The van der Waals surface area contributed by atoms with Crippen LogP contribution in [0, 0.1) is 5.92 Å². The number of halogens is 1. The number of hydrogen-bond donors (Lipinski definition) is 1. The van der Waals surface area contributed by atoms with Crippen LogP contribution < -0.4 is 5.32 Å². The van der Waals surface area contributed by atoms with E-state index in [1.807, 2.05) is 0 Å². The van der Waals surface area contributed by atoms with Crippen molar-refractivity contribution >= 4 is 22.4 Å². The van der Waals surface area contributed by atoms with Crippen LogP contribution in [0.2, 0.25) is 0 Å². The van der Waals surface area contributed by atoms with Crippen molar-refractivity contribution in [2.45, 2.75) is 37.8 Å². The van der Waals surface area contributed by atoms with Crippen LogP contribution in [-0.4, -0.2) is 56.9 Å². The fraction of sp³-hybridized carbons (Fsp3) is 1.00. The fourth-order valence-corrected chi connectivity index (χ4v) is 5.19. The molecule has 19 heavy (non-hydrogen) atoms. The standard InChI is InChI=1S/C12H22N2O3S.ClH/c15-18(16,9-10-4-5-17-8-10)14-6-11-2-1-3-12(7-14)13-11;/h10-13H,1-9H2;1H. The molecule has 3 aliphatic rings. The van der Waals surface area contributed by atoms with Crippen molar-refractivity contribution in [3.05, 3.63) is 0 Å². The summed E-state index contributed by atoms with van der Waals surface area (Å²) in [7, 11) is -3.10. The molecule has 2 bridgehead atoms. The first-order chi connectivity index (χ1) is 8.63. The Morgan fingerprint density at radius 3 is 2.42 bits per heavy atom. The molecule has 112 valence electrons. The minimum atomic E-state index is -3.10. The third-order valence-corrected chi connectivity index (χ3v) is 6.27. The average molecular weight is 311 g/mol. The molecule has 3 atom stereocenters. The third kappa shape index (κ3) is 3.61.